The summed E-state index contributed by atoms with van der Waals surface area (Å²) >= 11 is 0. The first-order chi connectivity index (χ1) is 14.1. The fourth-order valence-corrected chi connectivity index (χ4v) is 3.39. The Hall–Kier alpha value is -2.89. The minimum Gasteiger partial charge on any atom is -0.357 e. The van der Waals surface area contributed by atoms with E-state index in [1.165, 1.54) is 6.07 Å². The average molecular weight is 397 g/mol. The van der Waals surface area contributed by atoms with Crippen molar-refractivity contribution < 1.29 is 9.18 Å². The molecule has 0 radical (unpaired) electrons. The summed E-state index contributed by atoms with van der Waals surface area (Å²) in [5.74, 6) is 0.703. The second kappa shape index (κ2) is 10.0. The fraction of sp³-hybridized carbons (Fsp3) is 0.391. The molecule has 2 aromatic carbocycles. The van der Waals surface area contributed by atoms with Crippen LogP contribution in [0.15, 0.2) is 47.5 Å². The molecule has 0 aromatic heterocycles. The first kappa shape index (κ1) is 20.8. The van der Waals surface area contributed by atoms with Gasteiger partial charge in [-0.25, -0.2) is 9.38 Å². The van der Waals surface area contributed by atoms with E-state index in [0.717, 1.165) is 36.2 Å². The smallest absolute Gasteiger partial charge is 0.222 e. The number of hydrogen-bond acceptors (Lipinski definition) is 2. The second-order valence-corrected chi connectivity index (χ2v) is 7.32. The maximum atomic E-state index is 13.8. The molecule has 29 heavy (non-hydrogen) atoms. The Bertz CT molecular complexity index is 881. The highest BCUT2D eigenvalue weighted by molar-refractivity contribution is 5.80. The van der Waals surface area contributed by atoms with E-state index >= 15 is 0 Å². The lowest BCUT2D eigenvalue weighted by Crippen LogP contribution is -2.37. The van der Waals surface area contributed by atoms with Gasteiger partial charge in [0.1, 0.15) is 5.82 Å². The summed E-state index contributed by atoms with van der Waals surface area (Å²) in [5.41, 5.74) is 3.75. The Morgan fingerprint density at radius 3 is 2.66 bits per heavy atom. The zero-order valence-electron chi connectivity index (χ0n) is 17.2. The molecular weight excluding hydrogens is 367 g/mol. The first-order valence-corrected chi connectivity index (χ1v) is 10.2. The van der Waals surface area contributed by atoms with E-state index in [1.54, 1.807) is 13.0 Å². The van der Waals surface area contributed by atoms with E-state index in [1.807, 2.05) is 30.0 Å². The van der Waals surface area contributed by atoms with Crippen LogP contribution in [0.2, 0.25) is 0 Å². The summed E-state index contributed by atoms with van der Waals surface area (Å²) in [5, 5.41) is 6.58. The maximum absolute atomic E-state index is 13.8. The van der Waals surface area contributed by atoms with Crippen LogP contribution in [0, 0.1) is 12.7 Å². The molecule has 1 heterocycles. The molecule has 0 bridgehead atoms. The molecule has 0 saturated carbocycles. The lowest BCUT2D eigenvalue weighted by atomic mass is 10.1. The Balaban J connectivity index is 1.65. The van der Waals surface area contributed by atoms with Crippen LogP contribution in [0.25, 0.3) is 0 Å². The second-order valence-electron chi connectivity index (χ2n) is 7.32. The van der Waals surface area contributed by atoms with E-state index in [0.29, 0.717) is 37.6 Å². The fourth-order valence-electron chi connectivity index (χ4n) is 3.39. The summed E-state index contributed by atoms with van der Waals surface area (Å²) in [4.78, 5) is 18.5. The number of carbonyl (C=O) groups excluding carboxylic acids is 1. The van der Waals surface area contributed by atoms with Gasteiger partial charge in [-0.3, -0.25) is 4.79 Å². The largest absolute Gasteiger partial charge is 0.357 e. The minimum absolute atomic E-state index is 0.207. The summed E-state index contributed by atoms with van der Waals surface area (Å²) in [6.45, 7) is 6.97. The van der Waals surface area contributed by atoms with E-state index in [4.69, 9.17) is 0 Å². The van der Waals surface area contributed by atoms with Gasteiger partial charge in [-0.05, 0) is 48.6 Å². The number of rotatable bonds is 7. The Morgan fingerprint density at radius 2 is 1.97 bits per heavy atom. The average Bonchev–Trinajstić information content (AvgIpc) is 3.12. The molecule has 154 valence electrons. The molecule has 0 aliphatic carbocycles. The van der Waals surface area contributed by atoms with Crippen molar-refractivity contribution in [2.24, 2.45) is 4.99 Å². The standard InChI is InChI=1S/C23H29FN4O/c1-3-25-23(26-14-18-11-10-17(2)21(24)13-18)27-15-19-7-4-5-8-20(19)16-28-12-6-9-22(28)29/h4-5,7-8,10-11,13H,3,6,9,12,14-16H2,1-2H3,(H2,25,26,27). The van der Waals surface area contributed by atoms with Gasteiger partial charge in [-0.15, -0.1) is 0 Å². The van der Waals surface area contributed by atoms with Crippen LogP contribution in [-0.2, 0) is 24.4 Å². The van der Waals surface area contributed by atoms with Crippen LogP contribution in [0.1, 0.15) is 42.0 Å². The molecular formula is C23H29FN4O. The molecule has 0 atom stereocenters. The Kier molecular flexibility index (Phi) is 7.22. The van der Waals surface area contributed by atoms with Crippen molar-refractivity contribution in [3.05, 3.63) is 70.5 Å². The van der Waals surface area contributed by atoms with Crippen molar-refractivity contribution in [3.8, 4) is 0 Å². The quantitative estimate of drug-likeness (QED) is 0.556. The van der Waals surface area contributed by atoms with Crippen molar-refractivity contribution in [1.29, 1.82) is 0 Å². The van der Waals surface area contributed by atoms with Crippen LogP contribution in [0.5, 0.6) is 0 Å². The predicted octanol–water partition coefficient (Wildman–Crippen LogP) is 3.51. The molecule has 1 saturated heterocycles. The van der Waals surface area contributed by atoms with Crippen molar-refractivity contribution in [3.63, 3.8) is 0 Å². The molecule has 2 N–H and O–H groups in total. The maximum Gasteiger partial charge on any atom is 0.222 e. The number of amides is 1. The number of aliphatic imine (C=N–C) groups is 1. The van der Waals surface area contributed by atoms with Gasteiger partial charge >= 0.3 is 0 Å². The molecule has 2 aromatic rings. The van der Waals surface area contributed by atoms with Crippen LogP contribution in [0.4, 0.5) is 4.39 Å². The molecule has 0 unspecified atom stereocenters. The van der Waals surface area contributed by atoms with Gasteiger partial charge in [0.15, 0.2) is 5.96 Å². The number of aryl methyl sites for hydroxylation is 1. The van der Waals surface area contributed by atoms with Crippen LogP contribution < -0.4 is 10.6 Å². The number of halogens is 1. The van der Waals surface area contributed by atoms with E-state index in [2.05, 4.69) is 27.8 Å². The van der Waals surface area contributed by atoms with Gasteiger partial charge in [0, 0.05) is 32.6 Å². The molecule has 6 heteroatoms. The number of guanidine groups is 1. The molecule has 1 aliphatic rings. The first-order valence-electron chi connectivity index (χ1n) is 10.2. The predicted molar refractivity (Wildman–Crippen MR) is 114 cm³/mol. The normalized spacial score (nSPS) is 14.4. The van der Waals surface area contributed by atoms with Gasteiger partial charge in [-0.1, -0.05) is 36.4 Å². The third-order valence-electron chi connectivity index (χ3n) is 5.10. The van der Waals surface area contributed by atoms with Gasteiger partial charge in [0.25, 0.3) is 0 Å². The third-order valence-corrected chi connectivity index (χ3v) is 5.10. The Morgan fingerprint density at radius 1 is 1.17 bits per heavy atom. The lowest BCUT2D eigenvalue weighted by molar-refractivity contribution is -0.128. The highest BCUT2D eigenvalue weighted by Crippen LogP contribution is 2.17. The zero-order chi connectivity index (χ0) is 20.6. The molecule has 1 amide bonds. The van der Waals surface area contributed by atoms with Crippen LogP contribution in [-0.4, -0.2) is 29.9 Å². The number of nitrogens with zero attached hydrogens (tertiary/aromatic N) is 2. The monoisotopic (exact) mass is 396 g/mol. The summed E-state index contributed by atoms with van der Waals surface area (Å²) < 4.78 is 13.8. The van der Waals surface area contributed by atoms with Crippen molar-refractivity contribution in [2.75, 3.05) is 13.1 Å². The third kappa shape index (κ3) is 5.79. The topological polar surface area (TPSA) is 56.7 Å². The van der Waals surface area contributed by atoms with Crippen molar-refractivity contribution >= 4 is 11.9 Å². The molecule has 1 fully saturated rings. The molecule has 3 rings (SSSR count). The molecule has 0 spiro atoms. The minimum atomic E-state index is -0.207. The molecule has 1 aliphatic heterocycles. The highest BCUT2D eigenvalue weighted by Gasteiger charge is 2.20. The highest BCUT2D eigenvalue weighted by atomic mass is 19.1. The van der Waals surface area contributed by atoms with E-state index < -0.39 is 0 Å². The lowest BCUT2D eigenvalue weighted by Gasteiger charge is -2.19. The molecule has 5 nitrogen and oxygen atoms in total. The number of benzene rings is 2. The van der Waals surface area contributed by atoms with Crippen molar-refractivity contribution in [1.82, 2.24) is 15.5 Å². The Labute approximate surface area is 172 Å². The van der Waals surface area contributed by atoms with Gasteiger partial charge in [0.05, 0.1) is 6.54 Å². The van der Waals surface area contributed by atoms with E-state index in [-0.39, 0.29) is 11.7 Å². The van der Waals surface area contributed by atoms with Gasteiger partial charge in [0.2, 0.25) is 5.91 Å². The SMILES string of the molecule is CCNC(=NCc1ccc(C)c(F)c1)NCc1ccccc1CN1CCCC1=O. The zero-order valence-corrected chi connectivity index (χ0v) is 17.2. The van der Waals surface area contributed by atoms with Crippen molar-refractivity contribution in [2.45, 2.75) is 46.3 Å². The van der Waals surface area contributed by atoms with Gasteiger partial charge in [-0.2, -0.15) is 0 Å². The van der Waals surface area contributed by atoms with Crippen LogP contribution >= 0.6 is 0 Å². The number of nitrogens with one attached hydrogen (secondary N) is 2. The number of likely N-dealkylation sites (tertiary alicyclic amines) is 1. The number of hydrogen-bond donors (Lipinski definition) is 2. The van der Waals surface area contributed by atoms with Gasteiger partial charge < -0.3 is 15.5 Å². The number of carbonyl (C=O) groups is 1. The summed E-state index contributed by atoms with van der Waals surface area (Å²) in [6, 6.07) is 13.4. The van der Waals surface area contributed by atoms with E-state index in [9.17, 15) is 9.18 Å². The van der Waals surface area contributed by atoms with Crippen LogP contribution in [0.3, 0.4) is 0 Å². The summed E-state index contributed by atoms with van der Waals surface area (Å²) in [6.07, 6.45) is 1.59. The summed E-state index contributed by atoms with van der Waals surface area (Å²) in [7, 11) is 0.